The Labute approximate surface area is 109 Å². The van der Waals surface area contributed by atoms with Crippen molar-refractivity contribution >= 4 is 6.09 Å². The molecular weight excluding hydrogens is 232 g/mol. The molecule has 0 spiro atoms. The minimum atomic E-state index is -0.436. The van der Waals surface area contributed by atoms with Crippen molar-refractivity contribution in [2.24, 2.45) is 23.7 Å². The predicted octanol–water partition coefficient (Wildman–Crippen LogP) is 1.77. The van der Waals surface area contributed by atoms with Gasteiger partial charge in [0, 0.05) is 19.0 Å². The second-order valence-corrected chi connectivity index (χ2v) is 6.48. The van der Waals surface area contributed by atoms with Crippen molar-refractivity contribution in [2.75, 3.05) is 19.7 Å². The van der Waals surface area contributed by atoms with Gasteiger partial charge in [-0.3, -0.25) is 0 Å². The third kappa shape index (κ3) is 3.36. The first-order valence-electron chi connectivity index (χ1n) is 6.70. The molecule has 1 saturated heterocycles. The molecule has 0 aromatic carbocycles. The third-order valence-electron chi connectivity index (χ3n) is 3.68. The number of hydrogen-bond donors (Lipinski definition) is 1. The summed E-state index contributed by atoms with van der Waals surface area (Å²) in [5.74, 6) is 6.81. The van der Waals surface area contributed by atoms with Crippen molar-refractivity contribution in [1.29, 1.82) is 0 Å². The van der Waals surface area contributed by atoms with E-state index in [1.54, 1.807) is 4.90 Å². The number of likely N-dealkylation sites (tertiary alicyclic amines) is 1. The van der Waals surface area contributed by atoms with Crippen LogP contribution in [0.25, 0.3) is 0 Å². The highest BCUT2D eigenvalue weighted by Crippen LogP contribution is 2.44. The molecule has 2 atom stereocenters. The Hall–Kier alpha value is -0.810. The zero-order chi connectivity index (χ0) is 13.3. The molecule has 1 amide bonds. The van der Waals surface area contributed by atoms with E-state index < -0.39 is 5.60 Å². The Morgan fingerprint density at radius 1 is 1.33 bits per heavy atom. The summed E-state index contributed by atoms with van der Waals surface area (Å²) in [7, 11) is 0. The minimum absolute atomic E-state index is 0.215. The summed E-state index contributed by atoms with van der Waals surface area (Å²) >= 11 is 0. The molecule has 18 heavy (non-hydrogen) atoms. The lowest BCUT2D eigenvalue weighted by atomic mass is 9.92. The van der Waals surface area contributed by atoms with Crippen molar-refractivity contribution in [3.63, 3.8) is 0 Å². The number of rotatable bonds is 3. The highest BCUT2D eigenvalue weighted by molar-refractivity contribution is 5.68. The highest BCUT2D eigenvalue weighted by Gasteiger charge is 2.44. The fraction of sp³-hybridized carbons (Fsp3) is 0.923. The largest absolute Gasteiger partial charge is 0.444 e. The van der Waals surface area contributed by atoms with Gasteiger partial charge in [0.2, 0.25) is 0 Å². The first-order valence-corrected chi connectivity index (χ1v) is 6.70. The van der Waals surface area contributed by atoms with Crippen molar-refractivity contribution in [1.82, 2.24) is 4.90 Å². The molecule has 1 saturated carbocycles. The Kier molecular flexibility index (Phi) is 3.82. The maximum Gasteiger partial charge on any atom is 0.410 e. The molecule has 2 unspecified atom stereocenters. The molecule has 0 aromatic rings. The Morgan fingerprint density at radius 2 is 2.00 bits per heavy atom. The summed E-state index contributed by atoms with van der Waals surface area (Å²) in [6.45, 7) is 7.68. The van der Waals surface area contributed by atoms with Gasteiger partial charge in [0.05, 0.1) is 6.61 Å². The van der Waals surface area contributed by atoms with Crippen molar-refractivity contribution in [3.05, 3.63) is 0 Å². The molecule has 0 aromatic heterocycles. The standard InChI is InChI=1S/C13H24N2O3/c1-13(2,3)18-12(16)15-6-10(8-17-14)11(7-15)9-4-5-9/h9-11H,4-8,14H2,1-3H3. The first-order chi connectivity index (χ1) is 8.40. The van der Waals surface area contributed by atoms with Crippen molar-refractivity contribution in [3.8, 4) is 0 Å². The molecule has 5 nitrogen and oxygen atoms in total. The van der Waals surface area contributed by atoms with Gasteiger partial charge in [-0.15, -0.1) is 0 Å². The lowest BCUT2D eigenvalue weighted by Gasteiger charge is -2.24. The summed E-state index contributed by atoms with van der Waals surface area (Å²) in [6.07, 6.45) is 2.33. The normalized spacial score (nSPS) is 28.6. The number of carbonyl (C=O) groups is 1. The number of amides is 1. The third-order valence-corrected chi connectivity index (χ3v) is 3.68. The van der Waals surface area contributed by atoms with Crippen LogP contribution in [0.5, 0.6) is 0 Å². The van der Waals surface area contributed by atoms with E-state index in [4.69, 9.17) is 15.5 Å². The number of nitrogens with zero attached hydrogens (tertiary/aromatic N) is 1. The number of ether oxygens (including phenoxy) is 1. The second-order valence-electron chi connectivity index (χ2n) is 6.48. The van der Waals surface area contributed by atoms with Crippen LogP contribution in [-0.2, 0) is 9.57 Å². The number of carbonyl (C=O) groups excluding carboxylic acids is 1. The van der Waals surface area contributed by atoms with Gasteiger partial charge in [-0.2, -0.15) is 0 Å². The Balaban J connectivity index is 1.93. The summed E-state index contributed by atoms with van der Waals surface area (Å²) in [5, 5.41) is 0. The first kappa shape index (κ1) is 13.6. The van der Waals surface area contributed by atoms with E-state index in [1.807, 2.05) is 20.8 Å². The van der Waals surface area contributed by atoms with Gasteiger partial charge in [0.1, 0.15) is 5.60 Å². The molecule has 0 bridgehead atoms. The molecule has 5 heteroatoms. The molecule has 2 aliphatic rings. The summed E-state index contributed by atoms with van der Waals surface area (Å²) in [5.41, 5.74) is -0.436. The maximum atomic E-state index is 12.0. The monoisotopic (exact) mass is 256 g/mol. The van der Waals surface area contributed by atoms with Crippen LogP contribution in [0.2, 0.25) is 0 Å². The summed E-state index contributed by atoms with van der Waals surface area (Å²) in [4.78, 5) is 18.6. The van der Waals surface area contributed by atoms with Gasteiger partial charge < -0.3 is 14.5 Å². The van der Waals surface area contributed by atoms with Crippen molar-refractivity contribution < 1.29 is 14.4 Å². The zero-order valence-electron chi connectivity index (χ0n) is 11.5. The van der Waals surface area contributed by atoms with E-state index >= 15 is 0 Å². The van der Waals surface area contributed by atoms with Gasteiger partial charge in [0.15, 0.2) is 0 Å². The second kappa shape index (κ2) is 5.05. The van der Waals surface area contributed by atoms with Crippen LogP contribution in [0.15, 0.2) is 0 Å². The molecule has 1 aliphatic carbocycles. The zero-order valence-corrected chi connectivity index (χ0v) is 11.5. The van der Waals surface area contributed by atoms with Crippen LogP contribution in [0, 0.1) is 17.8 Å². The maximum absolute atomic E-state index is 12.0. The smallest absolute Gasteiger partial charge is 0.410 e. The van der Waals surface area contributed by atoms with E-state index in [0.29, 0.717) is 25.0 Å². The van der Waals surface area contributed by atoms with Crippen LogP contribution < -0.4 is 5.90 Å². The highest BCUT2D eigenvalue weighted by atomic mass is 16.6. The molecule has 0 radical (unpaired) electrons. The van der Waals surface area contributed by atoms with Crippen molar-refractivity contribution in [2.45, 2.75) is 39.2 Å². The van der Waals surface area contributed by atoms with E-state index in [0.717, 1.165) is 12.5 Å². The topological polar surface area (TPSA) is 64.8 Å². The van der Waals surface area contributed by atoms with E-state index in [2.05, 4.69) is 0 Å². The molecule has 1 aliphatic heterocycles. The lowest BCUT2D eigenvalue weighted by Crippen LogP contribution is -2.35. The van der Waals surface area contributed by atoms with E-state index in [9.17, 15) is 4.79 Å². The summed E-state index contributed by atoms with van der Waals surface area (Å²) in [6, 6.07) is 0. The summed E-state index contributed by atoms with van der Waals surface area (Å²) < 4.78 is 5.41. The Morgan fingerprint density at radius 3 is 2.50 bits per heavy atom. The molecule has 2 N–H and O–H groups in total. The average molecular weight is 256 g/mol. The quantitative estimate of drug-likeness (QED) is 0.782. The average Bonchev–Trinajstić information content (AvgIpc) is 2.98. The number of hydrogen-bond acceptors (Lipinski definition) is 4. The molecule has 2 fully saturated rings. The predicted molar refractivity (Wildman–Crippen MR) is 67.7 cm³/mol. The van der Waals surface area contributed by atoms with Crippen LogP contribution >= 0.6 is 0 Å². The fourth-order valence-corrected chi connectivity index (χ4v) is 2.73. The van der Waals surface area contributed by atoms with Crippen LogP contribution in [0.1, 0.15) is 33.6 Å². The van der Waals surface area contributed by atoms with E-state index in [1.165, 1.54) is 12.8 Å². The van der Waals surface area contributed by atoms with E-state index in [-0.39, 0.29) is 6.09 Å². The Bertz CT molecular complexity index is 310. The van der Waals surface area contributed by atoms with Gasteiger partial charge in [0.25, 0.3) is 0 Å². The van der Waals surface area contributed by atoms with Gasteiger partial charge >= 0.3 is 6.09 Å². The minimum Gasteiger partial charge on any atom is -0.444 e. The number of nitrogens with two attached hydrogens (primary N) is 1. The van der Waals surface area contributed by atoms with Gasteiger partial charge in [-0.1, -0.05) is 0 Å². The van der Waals surface area contributed by atoms with Gasteiger partial charge in [-0.05, 0) is 45.4 Å². The SMILES string of the molecule is CC(C)(C)OC(=O)N1CC(CON)C(C2CC2)C1. The molecule has 1 heterocycles. The van der Waals surface area contributed by atoms with Gasteiger partial charge in [-0.25, -0.2) is 10.7 Å². The van der Waals surface area contributed by atoms with Crippen LogP contribution in [-0.4, -0.2) is 36.3 Å². The molecule has 104 valence electrons. The molecule has 2 rings (SSSR count). The van der Waals surface area contributed by atoms with Crippen LogP contribution in [0.4, 0.5) is 4.79 Å². The van der Waals surface area contributed by atoms with Crippen LogP contribution in [0.3, 0.4) is 0 Å². The fourth-order valence-electron chi connectivity index (χ4n) is 2.73. The molecular formula is C13H24N2O3. The lowest BCUT2D eigenvalue weighted by molar-refractivity contribution is 0.0273.